The maximum Gasteiger partial charge on any atom is 0.341 e. The van der Waals surface area contributed by atoms with E-state index in [-0.39, 0.29) is 16.3 Å². The van der Waals surface area contributed by atoms with Crippen molar-refractivity contribution in [1.82, 2.24) is 5.32 Å². The minimum absolute atomic E-state index is 0.108. The second-order valence-corrected chi connectivity index (χ2v) is 6.96. The predicted octanol–water partition coefficient (Wildman–Crippen LogP) is 3.09. The first-order valence-corrected chi connectivity index (χ1v) is 9.18. The first kappa shape index (κ1) is 21.1. The van der Waals surface area contributed by atoms with Crippen LogP contribution in [0.25, 0.3) is 6.08 Å². The van der Waals surface area contributed by atoms with E-state index in [4.69, 9.17) is 21.4 Å². The third-order valence-corrected chi connectivity index (χ3v) is 4.83. The molecule has 1 aliphatic heterocycles. The molecule has 0 atom stereocenters. The van der Waals surface area contributed by atoms with Gasteiger partial charge in [0.1, 0.15) is 11.3 Å². The zero-order chi connectivity index (χ0) is 22.0. The molecule has 2 N–H and O–H groups in total. The van der Waals surface area contributed by atoms with Gasteiger partial charge in [0, 0.05) is 0 Å². The summed E-state index contributed by atoms with van der Waals surface area (Å²) in [5.41, 5.74) is 2.16. The summed E-state index contributed by atoms with van der Waals surface area (Å²) in [5, 5.41) is 11.0. The van der Waals surface area contributed by atoms with Crippen LogP contribution in [0.15, 0.2) is 42.0 Å². The lowest BCUT2D eigenvalue weighted by molar-refractivity contribution is -0.139. The van der Waals surface area contributed by atoms with Crippen molar-refractivity contribution in [3.8, 4) is 5.75 Å². The number of nitrogens with zero attached hydrogens (tertiary/aromatic N) is 1. The Morgan fingerprint density at radius 2 is 1.93 bits per heavy atom. The smallest absolute Gasteiger partial charge is 0.341 e. The number of hydrogen-bond donors (Lipinski definition) is 2. The van der Waals surface area contributed by atoms with Crippen LogP contribution in [0.3, 0.4) is 0 Å². The Balaban J connectivity index is 1.96. The van der Waals surface area contributed by atoms with Gasteiger partial charge in [0.15, 0.2) is 6.61 Å². The second-order valence-electron chi connectivity index (χ2n) is 6.55. The number of aryl methyl sites for hydroxylation is 1. The molecule has 2 aromatic rings. The fourth-order valence-electron chi connectivity index (χ4n) is 2.88. The number of benzene rings is 2. The Morgan fingerprint density at radius 1 is 1.20 bits per heavy atom. The molecule has 0 spiro atoms. The van der Waals surface area contributed by atoms with E-state index in [1.165, 1.54) is 24.3 Å². The number of rotatable bonds is 5. The minimum atomic E-state index is -1.15. The number of barbiturate groups is 1. The van der Waals surface area contributed by atoms with Crippen molar-refractivity contribution in [3.63, 3.8) is 0 Å². The van der Waals surface area contributed by atoms with Gasteiger partial charge in [0.2, 0.25) is 0 Å². The highest BCUT2D eigenvalue weighted by Crippen LogP contribution is 2.29. The molecule has 0 radical (unpaired) electrons. The summed E-state index contributed by atoms with van der Waals surface area (Å²) in [6.45, 7) is 3.07. The van der Waals surface area contributed by atoms with E-state index in [9.17, 15) is 19.2 Å². The van der Waals surface area contributed by atoms with E-state index in [1.807, 2.05) is 13.0 Å². The number of imide groups is 2. The number of ether oxygens (including phenoxy) is 1. The SMILES string of the molecule is Cc1cccc(N2C(=O)NC(=O)/C(=C\c3ccc(OCC(=O)O)c(Cl)c3)C2=O)c1C. The number of urea groups is 1. The summed E-state index contributed by atoms with van der Waals surface area (Å²) < 4.78 is 5.05. The largest absolute Gasteiger partial charge is 0.480 e. The summed E-state index contributed by atoms with van der Waals surface area (Å²) in [6.07, 6.45) is 1.30. The number of carbonyl (C=O) groups is 4. The lowest BCUT2D eigenvalue weighted by Crippen LogP contribution is -2.54. The summed E-state index contributed by atoms with van der Waals surface area (Å²) in [6, 6.07) is 8.72. The first-order chi connectivity index (χ1) is 14.2. The molecule has 1 aliphatic rings. The Hall–Kier alpha value is -3.65. The van der Waals surface area contributed by atoms with Crippen LogP contribution < -0.4 is 15.0 Å². The number of carboxylic acids is 1. The molecule has 9 heteroatoms. The molecule has 0 saturated carbocycles. The van der Waals surface area contributed by atoms with Crippen molar-refractivity contribution >= 4 is 47.2 Å². The van der Waals surface area contributed by atoms with Gasteiger partial charge in [-0.25, -0.2) is 14.5 Å². The number of carboxylic acid groups (broad SMARTS) is 1. The first-order valence-electron chi connectivity index (χ1n) is 8.81. The van der Waals surface area contributed by atoms with Crippen LogP contribution in [0.2, 0.25) is 5.02 Å². The van der Waals surface area contributed by atoms with Crippen LogP contribution in [0.5, 0.6) is 5.75 Å². The van der Waals surface area contributed by atoms with Crippen LogP contribution in [-0.2, 0) is 14.4 Å². The number of carbonyl (C=O) groups excluding carboxylic acids is 3. The molecule has 1 saturated heterocycles. The van der Waals surface area contributed by atoms with Crippen LogP contribution in [-0.4, -0.2) is 35.5 Å². The molecule has 154 valence electrons. The van der Waals surface area contributed by atoms with E-state index in [0.29, 0.717) is 11.3 Å². The topological polar surface area (TPSA) is 113 Å². The average molecular weight is 429 g/mol. The van der Waals surface area contributed by atoms with Crippen LogP contribution in [0, 0.1) is 13.8 Å². The number of hydrogen-bond acceptors (Lipinski definition) is 5. The molecule has 8 nitrogen and oxygen atoms in total. The van der Waals surface area contributed by atoms with Crippen LogP contribution in [0.4, 0.5) is 10.5 Å². The summed E-state index contributed by atoms with van der Waals surface area (Å²) >= 11 is 6.09. The van der Waals surface area contributed by atoms with Gasteiger partial charge >= 0.3 is 12.0 Å². The van der Waals surface area contributed by atoms with E-state index in [1.54, 1.807) is 19.1 Å². The molecule has 0 unspecified atom stereocenters. The molecule has 1 fully saturated rings. The molecule has 0 aliphatic carbocycles. The van der Waals surface area contributed by atoms with Crippen molar-refractivity contribution in [3.05, 3.63) is 63.7 Å². The molecule has 0 aromatic heterocycles. The highest BCUT2D eigenvalue weighted by Gasteiger charge is 2.37. The number of nitrogens with one attached hydrogen (secondary N) is 1. The predicted molar refractivity (Wildman–Crippen MR) is 110 cm³/mol. The molecule has 1 heterocycles. The normalized spacial score (nSPS) is 15.4. The minimum Gasteiger partial charge on any atom is -0.480 e. The highest BCUT2D eigenvalue weighted by molar-refractivity contribution is 6.39. The van der Waals surface area contributed by atoms with Gasteiger partial charge in [-0.15, -0.1) is 0 Å². The lowest BCUT2D eigenvalue weighted by Gasteiger charge is -2.28. The number of anilines is 1. The van der Waals surface area contributed by atoms with E-state index >= 15 is 0 Å². The Labute approximate surface area is 176 Å². The second kappa shape index (κ2) is 8.38. The van der Waals surface area contributed by atoms with E-state index < -0.39 is 30.4 Å². The van der Waals surface area contributed by atoms with Crippen molar-refractivity contribution in [1.29, 1.82) is 0 Å². The Bertz CT molecular complexity index is 1110. The number of halogens is 1. The number of amides is 4. The maximum absolute atomic E-state index is 13.0. The summed E-state index contributed by atoms with van der Waals surface area (Å²) in [4.78, 5) is 49.2. The molecule has 0 bridgehead atoms. The zero-order valence-electron chi connectivity index (χ0n) is 16.1. The quantitative estimate of drug-likeness (QED) is 0.559. The third kappa shape index (κ3) is 4.18. The van der Waals surface area contributed by atoms with Gasteiger partial charge in [-0.05, 0) is 54.8 Å². The third-order valence-electron chi connectivity index (χ3n) is 4.54. The standard InChI is InChI=1S/C21H17ClN2O6/c1-11-4-3-5-16(12(11)2)24-20(28)14(19(27)23-21(24)29)8-13-6-7-17(15(22)9-13)30-10-18(25)26/h3-9H,10H2,1-2H3,(H,25,26)(H,23,27,29)/b14-8+. The van der Waals surface area contributed by atoms with Crippen molar-refractivity contribution in [2.45, 2.75) is 13.8 Å². The molecular formula is C21H17ClN2O6. The molecule has 3 rings (SSSR count). The monoisotopic (exact) mass is 428 g/mol. The molecule has 4 amide bonds. The fourth-order valence-corrected chi connectivity index (χ4v) is 3.13. The van der Waals surface area contributed by atoms with Gasteiger partial charge < -0.3 is 9.84 Å². The van der Waals surface area contributed by atoms with Gasteiger partial charge in [0.25, 0.3) is 11.8 Å². The molecule has 30 heavy (non-hydrogen) atoms. The highest BCUT2D eigenvalue weighted by atomic mass is 35.5. The zero-order valence-corrected chi connectivity index (χ0v) is 16.8. The van der Waals surface area contributed by atoms with Gasteiger partial charge in [-0.2, -0.15) is 0 Å². The van der Waals surface area contributed by atoms with E-state index in [2.05, 4.69) is 5.32 Å². The summed E-state index contributed by atoms with van der Waals surface area (Å²) in [5.74, 6) is -2.60. The van der Waals surface area contributed by atoms with Gasteiger partial charge in [-0.1, -0.05) is 29.8 Å². The van der Waals surface area contributed by atoms with Crippen LogP contribution >= 0.6 is 11.6 Å². The van der Waals surface area contributed by atoms with Crippen molar-refractivity contribution in [2.75, 3.05) is 11.5 Å². The molecular weight excluding hydrogens is 412 g/mol. The van der Waals surface area contributed by atoms with Crippen LogP contribution in [0.1, 0.15) is 16.7 Å². The Kier molecular flexibility index (Phi) is 5.89. The summed E-state index contributed by atoms with van der Waals surface area (Å²) in [7, 11) is 0. The van der Waals surface area contributed by atoms with Crippen molar-refractivity contribution < 1.29 is 29.0 Å². The van der Waals surface area contributed by atoms with Crippen molar-refractivity contribution in [2.24, 2.45) is 0 Å². The van der Waals surface area contributed by atoms with Gasteiger partial charge in [0.05, 0.1) is 10.7 Å². The Morgan fingerprint density at radius 3 is 2.60 bits per heavy atom. The maximum atomic E-state index is 13.0. The molecule has 2 aromatic carbocycles. The fraction of sp³-hybridized carbons (Fsp3) is 0.143. The average Bonchev–Trinajstić information content (AvgIpc) is 2.67. The van der Waals surface area contributed by atoms with Gasteiger partial charge in [-0.3, -0.25) is 14.9 Å². The van der Waals surface area contributed by atoms with E-state index in [0.717, 1.165) is 16.0 Å². The lowest BCUT2D eigenvalue weighted by atomic mass is 10.0. The number of aliphatic carboxylic acids is 1.